The summed E-state index contributed by atoms with van der Waals surface area (Å²) in [5, 5.41) is 15.6. The van der Waals surface area contributed by atoms with Crippen LogP contribution >= 0.6 is 0 Å². The Morgan fingerprint density at radius 1 is 1.48 bits per heavy atom. The van der Waals surface area contributed by atoms with Crippen LogP contribution in [0.2, 0.25) is 0 Å². The number of hydrogen-bond donors (Lipinski definition) is 2. The lowest BCUT2D eigenvalue weighted by molar-refractivity contribution is 0.0894. The van der Waals surface area contributed by atoms with Crippen LogP contribution in [0, 0.1) is 11.3 Å². The van der Waals surface area contributed by atoms with Crippen molar-refractivity contribution in [3.63, 3.8) is 0 Å². The highest BCUT2D eigenvalue weighted by Gasteiger charge is 2.26. The second-order valence-electron chi connectivity index (χ2n) is 6.33. The maximum Gasteiger partial charge on any atom is 0.280 e. The second-order valence-corrected chi connectivity index (χ2v) is 6.33. The molecule has 0 spiro atoms. The van der Waals surface area contributed by atoms with Gasteiger partial charge in [-0.05, 0) is 5.92 Å². The summed E-state index contributed by atoms with van der Waals surface area (Å²) in [4.78, 5) is 12.1. The lowest BCUT2D eigenvalue weighted by atomic mass is 9.95. The van der Waals surface area contributed by atoms with Gasteiger partial charge in [-0.25, -0.2) is 8.78 Å². The van der Waals surface area contributed by atoms with Crippen molar-refractivity contribution in [2.75, 3.05) is 13.2 Å². The highest BCUT2D eigenvalue weighted by atomic mass is 19.3. The molecule has 2 N–H and O–H groups in total. The van der Waals surface area contributed by atoms with Gasteiger partial charge in [0.2, 0.25) is 0 Å². The lowest BCUT2D eigenvalue weighted by Gasteiger charge is -2.21. The third kappa shape index (κ3) is 4.77. The number of aliphatic hydroxyl groups excluding tert-OH is 1. The average molecular weight is 303 g/mol. The number of aliphatic hydroxyl groups is 1. The highest BCUT2D eigenvalue weighted by Crippen LogP contribution is 2.24. The molecule has 0 atom stereocenters. The molecule has 0 aromatic carbocycles. The van der Waals surface area contributed by atoms with E-state index in [-0.39, 0.29) is 30.3 Å². The van der Waals surface area contributed by atoms with E-state index >= 15 is 0 Å². The van der Waals surface area contributed by atoms with Crippen LogP contribution in [0.5, 0.6) is 0 Å². The van der Waals surface area contributed by atoms with Crippen LogP contribution in [0.3, 0.4) is 0 Å². The molecule has 1 aromatic rings. The van der Waals surface area contributed by atoms with Gasteiger partial charge in [0, 0.05) is 25.1 Å². The van der Waals surface area contributed by atoms with Crippen LogP contribution in [0.1, 0.15) is 50.2 Å². The number of carbonyl (C=O) groups is 1. The molecule has 0 aliphatic carbocycles. The Bertz CT molecular complexity index is 485. The number of rotatable bonds is 7. The van der Waals surface area contributed by atoms with Crippen LogP contribution in [0.4, 0.5) is 8.78 Å². The van der Waals surface area contributed by atoms with Gasteiger partial charge in [0.1, 0.15) is 5.69 Å². The van der Waals surface area contributed by atoms with E-state index in [1.54, 1.807) is 13.8 Å². The van der Waals surface area contributed by atoms with Crippen molar-refractivity contribution in [3.8, 4) is 0 Å². The summed E-state index contributed by atoms with van der Waals surface area (Å²) in [6.45, 7) is 7.73. The summed E-state index contributed by atoms with van der Waals surface area (Å²) in [5.74, 6) is -0.450. The van der Waals surface area contributed by atoms with Crippen LogP contribution in [0.15, 0.2) is 6.20 Å². The van der Waals surface area contributed by atoms with Crippen LogP contribution in [-0.2, 0) is 6.54 Å². The second kappa shape index (κ2) is 6.98. The van der Waals surface area contributed by atoms with E-state index in [0.29, 0.717) is 6.54 Å². The molecule has 1 aromatic heterocycles. The predicted molar refractivity (Wildman–Crippen MR) is 75.2 cm³/mol. The summed E-state index contributed by atoms with van der Waals surface area (Å²) in [6, 6.07) is 0. The molecule has 0 unspecified atom stereocenters. The van der Waals surface area contributed by atoms with Crippen molar-refractivity contribution in [1.82, 2.24) is 15.1 Å². The smallest absolute Gasteiger partial charge is 0.280 e. The van der Waals surface area contributed by atoms with Gasteiger partial charge in [-0.1, -0.05) is 27.7 Å². The Hall–Kier alpha value is -1.50. The monoisotopic (exact) mass is 303 g/mol. The van der Waals surface area contributed by atoms with E-state index in [1.165, 1.54) is 10.9 Å². The van der Waals surface area contributed by atoms with E-state index in [0.717, 1.165) is 0 Å². The fraction of sp³-hybridized carbons (Fsp3) is 0.714. The topological polar surface area (TPSA) is 67.2 Å². The van der Waals surface area contributed by atoms with E-state index in [9.17, 15) is 13.6 Å². The standard InChI is InChI=1S/C14H23F2N3O2/c1-9(2)6-19-11(12(15)16)10(5-18-19)13(21)17-7-14(3,4)8-20/h5,9,12,20H,6-8H2,1-4H3,(H,17,21). The molecule has 0 radical (unpaired) electrons. The molecular formula is C14H23F2N3O2. The average Bonchev–Trinajstić information content (AvgIpc) is 2.79. The number of nitrogens with zero attached hydrogens (tertiary/aromatic N) is 2. The van der Waals surface area contributed by atoms with Gasteiger partial charge in [0.25, 0.3) is 12.3 Å². The van der Waals surface area contributed by atoms with Gasteiger partial charge < -0.3 is 10.4 Å². The quantitative estimate of drug-likeness (QED) is 0.811. The van der Waals surface area contributed by atoms with Crippen molar-refractivity contribution in [1.29, 1.82) is 0 Å². The molecule has 120 valence electrons. The van der Waals surface area contributed by atoms with Gasteiger partial charge in [-0.3, -0.25) is 9.48 Å². The summed E-state index contributed by atoms with van der Waals surface area (Å²) < 4.78 is 27.6. The minimum Gasteiger partial charge on any atom is -0.396 e. The highest BCUT2D eigenvalue weighted by molar-refractivity contribution is 5.95. The Balaban J connectivity index is 2.92. The summed E-state index contributed by atoms with van der Waals surface area (Å²) in [6.07, 6.45) is -1.59. The van der Waals surface area contributed by atoms with E-state index < -0.39 is 17.7 Å². The van der Waals surface area contributed by atoms with Crippen molar-refractivity contribution >= 4 is 5.91 Å². The molecule has 0 aliphatic heterocycles. The first-order valence-corrected chi connectivity index (χ1v) is 6.91. The zero-order valence-corrected chi connectivity index (χ0v) is 12.9. The number of amides is 1. The minimum atomic E-state index is -2.77. The molecule has 0 saturated heterocycles. The minimum absolute atomic E-state index is 0.110. The van der Waals surface area contributed by atoms with Crippen LogP contribution in [-0.4, -0.2) is 33.9 Å². The molecular weight excluding hydrogens is 280 g/mol. The third-order valence-corrected chi connectivity index (χ3v) is 3.03. The largest absolute Gasteiger partial charge is 0.396 e. The normalized spacial score (nSPS) is 12.2. The molecule has 0 aliphatic rings. The summed E-state index contributed by atoms with van der Waals surface area (Å²) >= 11 is 0. The summed E-state index contributed by atoms with van der Waals surface area (Å²) in [7, 11) is 0. The number of nitrogens with one attached hydrogen (secondary N) is 1. The molecule has 5 nitrogen and oxygen atoms in total. The fourth-order valence-electron chi connectivity index (χ4n) is 1.76. The predicted octanol–water partition coefficient (Wildman–Crippen LogP) is 2.23. The maximum atomic E-state index is 13.2. The first kappa shape index (κ1) is 17.6. The Morgan fingerprint density at radius 3 is 2.57 bits per heavy atom. The first-order valence-electron chi connectivity index (χ1n) is 6.91. The van der Waals surface area contributed by atoms with Crippen molar-refractivity contribution in [3.05, 3.63) is 17.5 Å². The number of hydrogen-bond acceptors (Lipinski definition) is 3. The Labute approximate surface area is 123 Å². The van der Waals surface area contributed by atoms with Gasteiger partial charge in [0.15, 0.2) is 0 Å². The molecule has 0 saturated carbocycles. The van der Waals surface area contributed by atoms with Crippen molar-refractivity contribution in [2.24, 2.45) is 11.3 Å². The van der Waals surface area contributed by atoms with Crippen molar-refractivity contribution < 1.29 is 18.7 Å². The van der Waals surface area contributed by atoms with E-state index in [1.807, 2.05) is 13.8 Å². The van der Waals surface area contributed by atoms with Gasteiger partial charge in [-0.2, -0.15) is 5.10 Å². The first-order chi connectivity index (χ1) is 9.68. The fourth-order valence-corrected chi connectivity index (χ4v) is 1.76. The number of carbonyl (C=O) groups excluding carboxylic acids is 1. The van der Waals surface area contributed by atoms with Crippen molar-refractivity contribution in [2.45, 2.75) is 40.7 Å². The number of alkyl halides is 2. The molecule has 1 heterocycles. The number of halogens is 2. The molecule has 21 heavy (non-hydrogen) atoms. The Morgan fingerprint density at radius 2 is 2.10 bits per heavy atom. The van der Waals surface area contributed by atoms with Crippen LogP contribution in [0.25, 0.3) is 0 Å². The van der Waals surface area contributed by atoms with E-state index in [2.05, 4.69) is 10.4 Å². The molecule has 7 heteroatoms. The maximum absolute atomic E-state index is 13.2. The zero-order valence-electron chi connectivity index (χ0n) is 12.9. The zero-order chi connectivity index (χ0) is 16.2. The van der Waals surface area contributed by atoms with Gasteiger partial charge in [0.05, 0.1) is 11.8 Å². The molecule has 1 amide bonds. The summed E-state index contributed by atoms with van der Waals surface area (Å²) in [5.41, 5.74) is -0.975. The lowest BCUT2D eigenvalue weighted by Crippen LogP contribution is -2.36. The third-order valence-electron chi connectivity index (χ3n) is 3.03. The van der Waals surface area contributed by atoms with Gasteiger partial charge >= 0.3 is 0 Å². The molecule has 0 bridgehead atoms. The van der Waals surface area contributed by atoms with Gasteiger partial charge in [-0.15, -0.1) is 0 Å². The SMILES string of the molecule is CC(C)Cn1ncc(C(=O)NCC(C)(C)CO)c1C(F)F. The molecule has 0 fully saturated rings. The van der Waals surface area contributed by atoms with E-state index in [4.69, 9.17) is 5.11 Å². The number of aromatic nitrogens is 2. The van der Waals surface area contributed by atoms with Crippen LogP contribution < -0.4 is 5.32 Å². The molecule has 1 rings (SSSR count). The Kier molecular flexibility index (Phi) is 5.83.